The molecule has 0 heterocycles. The van der Waals surface area contributed by atoms with Gasteiger partial charge >= 0.3 is 0 Å². The highest BCUT2D eigenvalue weighted by atomic mass is 35.5. The molecule has 0 unspecified atom stereocenters. The summed E-state index contributed by atoms with van der Waals surface area (Å²) in [5.41, 5.74) is 1.92. The van der Waals surface area contributed by atoms with Crippen LogP contribution < -0.4 is 4.74 Å². The summed E-state index contributed by atoms with van der Waals surface area (Å²) in [5, 5.41) is 17.9. The molecule has 4 heteroatoms. The summed E-state index contributed by atoms with van der Waals surface area (Å²) < 4.78 is 5.57. The summed E-state index contributed by atoms with van der Waals surface area (Å²) in [6, 6.07) is 16.0. The van der Waals surface area contributed by atoms with E-state index >= 15 is 0 Å². The predicted octanol–water partition coefficient (Wildman–Crippen LogP) is 3.66. The van der Waals surface area contributed by atoms with Crippen molar-refractivity contribution in [2.75, 3.05) is 0 Å². The van der Waals surface area contributed by atoms with E-state index in [0.29, 0.717) is 28.5 Å². The van der Waals surface area contributed by atoms with Crippen LogP contribution in [0.2, 0.25) is 5.02 Å². The van der Waals surface area contributed by atoms with E-state index in [-0.39, 0.29) is 0 Å². The predicted molar refractivity (Wildman–Crippen MR) is 71.7 cm³/mol. The van der Waals surface area contributed by atoms with Crippen LogP contribution in [0, 0.1) is 22.7 Å². The maximum absolute atomic E-state index is 8.74. The fourth-order valence-corrected chi connectivity index (χ4v) is 1.76. The molecule has 0 bridgehead atoms. The zero-order chi connectivity index (χ0) is 13.7. The molecule has 0 radical (unpaired) electrons. The maximum Gasteiger partial charge on any atom is 0.119 e. The van der Waals surface area contributed by atoms with Crippen molar-refractivity contribution in [1.82, 2.24) is 0 Å². The molecule has 0 amide bonds. The Kier molecular flexibility index (Phi) is 4.03. The number of halogens is 1. The average molecular weight is 269 g/mol. The molecule has 2 aromatic rings. The normalized spacial score (nSPS) is 9.42. The molecule has 3 nitrogen and oxygen atoms in total. The minimum atomic E-state index is 0.316. The second kappa shape index (κ2) is 5.91. The monoisotopic (exact) mass is 268 g/mol. The number of nitrogens with zero attached hydrogens (tertiary/aromatic N) is 2. The zero-order valence-corrected chi connectivity index (χ0v) is 10.7. The first-order valence-electron chi connectivity index (χ1n) is 5.54. The van der Waals surface area contributed by atoms with Crippen molar-refractivity contribution in [1.29, 1.82) is 10.5 Å². The molecule has 0 N–H and O–H groups in total. The summed E-state index contributed by atoms with van der Waals surface area (Å²) >= 11 is 6.05. The van der Waals surface area contributed by atoms with Crippen LogP contribution in [0.3, 0.4) is 0 Å². The van der Waals surface area contributed by atoms with Gasteiger partial charge in [0.1, 0.15) is 12.4 Å². The van der Waals surface area contributed by atoms with Gasteiger partial charge in [-0.05, 0) is 36.4 Å². The second-order valence-electron chi connectivity index (χ2n) is 3.84. The van der Waals surface area contributed by atoms with Crippen LogP contribution >= 0.6 is 11.6 Å². The van der Waals surface area contributed by atoms with Gasteiger partial charge in [-0.2, -0.15) is 10.5 Å². The highest BCUT2D eigenvalue weighted by Gasteiger charge is 2.03. The molecule has 0 aliphatic rings. The van der Waals surface area contributed by atoms with Crippen LogP contribution in [0.1, 0.15) is 16.7 Å². The van der Waals surface area contributed by atoms with E-state index in [1.54, 1.807) is 42.5 Å². The molecule has 19 heavy (non-hydrogen) atoms. The number of nitriles is 2. The lowest BCUT2D eigenvalue weighted by Crippen LogP contribution is -1.96. The first-order valence-corrected chi connectivity index (χ1v) is 5.92. The Hall–Kier alpha value is -2.49. The Morgan fingerprint density at radius 2 is 1.58 bits per heavy atom. The largest absolute Gasteiger partial charge is 0.489 e. The third-order valence-corrected chi connectivity index (χ3v) is 2.91. The summed E-state index contributed by atoms with van der Waals surface area (Å²) in [6.45, 7) is 0.316. The number of hydrogen-bond acceptors (Lipinski definition) is 3. The van der Waals surface area contributed by atoms with Crippen LogP contribution in [0.4, 0.5) is 0 Å². The standard InChI is InChI=1S/C15H9ClN2O/c16-15-7-12(9-18)1-4-13(15)10-19-14-5-2-11(8-17)3-6-14/h1-7H,10H2. The molecule has 0 aromatic heterocycles. The molecule has 0 atom stereocenters. The highest BCUT2D eigenvalue weighted by molar-refractivity contribution is 6.31. The van der Waals surface area contributed by atoms with Gasteiger partial charge in [0, 0.05) is 10.6 Å². The minimum Gasteiger partial charge on any atom is -0.489 e. The lowest BCUT2D eigenvalue weighted by Gasteiger charge is -2.08. The van der Waals surface area contributed by atoms with Crippen molar-refractivity contribution in [2.24, 2.45) is 0 Å². The smallest absolute Gasteiger partial charge is 0.119 e. The number of hydrogen-bond donors (Lipinski definition) is 0. The van der Waals surface area contributed by atoms with Crippen LogP contribution in [-0.4, -0.2) is 0 Å². The molecule has 92 valence electrons. The molecular formula is C15H9ClN2O. The Bertz CT molecular complexity index is 666. The van der Waals surface area contributed by atoms with Gasteiger partial charge in [-0.25, -0.2) is 0 Å². The average Bonchev–Trinajstić information content (AvgIpc) is 2.46. The van der Waals surface area contributed by atoms with Gasteiger partial charge in [0.2, 0.25) is 0 Å². The minimum absolute atomic E-state index is 0.316. The van der Waals surface area contributed by atoms with Crippen molar-refractivity contribution < 1.29 is 4.74 Å². The fraction of sp³-hybridized carbons (Fsp3) is 0.0667. The van der Waals surface area contributed by atoms with E-state index in [0.717, 1.165) is 5.56 Å². The Morgan fingerprint density at radius 3 is 2.16 bits per heavy atom. The van der Waals surface area contributed by atoms with Crippen molar-refractivity contribution in [3.63, 3.8) is 0 Å². The van der Waals surface area contributed by atoms with E-state index in [1.807, 2.05) is 12.1 Å². The topological polar surface area (TPSA) is 56.8 Å². The van der Waals surface area contributed by atoms with Gasteiger partial charge in [-0.15, -0.1) is 0 Å². The summed E-state index contributed by atoms with van der Waals surface area (Å²) in [4.78, 5) is 0. The molecule has 0 spiro atoms. The van der Waals surface area contributed by atoms with Gasteiger partial charge in [-0.1, -0.05) is 17.7 Å². The van der Waals surface area contributed by atoms with Crippen molar-refractivity contribution in [3.05, 3.63) is 64.2 Å². The third-order valence-electron chi connectivity index (χ3n) is 2.56. The Morgan fingerprint density at radius 1 is 0.947 bits per heavy atom. The summed E-state index contributed by atoms with van der Waals surface area (Å²) in [6.07, 6.45) is 0. The van der Waals surface area contributed by atoms with Crippen LogP contribution in [0.15, 0.2) is 42.5 Å². The quantitative estimate of drug-likeness (QED) is 0.853. The zero-order valence-electron chi connectivity index (χ0n) is 9.93. The van der Waals surface area contributed by atoms with Gasteiger partial charge in [-0.3, -0.25) is 0 Å². The van der Waals surface area contributed by atoms with Crippen molar-refractivity contribution in [2.45, 2.75) is 6.61 Å². The van der Waals surface area contributed by atoms with Gasteiger partial charge < -0.3 is 4.74 Å². The fourth-order valence-electron chi connectivity index (χ4n) is 1.52. The first kappa shape index (κ1) is 13.0. The number of benzene rings is 2. The first-order chi connectivity index (χ1) is 9.22. The lowest BCUT2D eigenvalue weighted by atomic mass is 10.1. The van der Waals surface area contributed by atoms with E-state index in [1.165, 1.54) is 0 Å². The number of ether oxygens (including phenoxy) is 1. The van der Waals surface area contributed by atoms with Gasteiger partial charge in [0.25, 0.3) is 0 Å². The Balaban J connectivity index is 2.06. The molecular weight excluding hydrogens is 260 g/mol. The Labute approximate surface area is 116 Å². The van der Waals surface area contributed by atoms with Crippen LogP contribution in [0.25, 0.3) is 0 Å². The summed E-state index contributed by atoms with van der Waals surface area (Å²) in [5.74, 6) is 0.666. The van der Waals surface area contributed by atoms with Crippen molar-refractivity contribution >= 4 is 11.6 Å². The van der Waals surface area contributed by atoms with Crippen molar-refractivity contribution in [3.8, 4) is 17.9 Å². The van der Waals surface area contributed by atoms with E-state index in [2.05, 4.69) is 0 Å². The molecule has 2 aromatic carbocycles. The molecule has 2 rings (SSSR count). The van der Waals surface area contributed by atoms with E-state index in [4.69, 9.17) is 26.9 Å². The van der Waals surface area contributed by atoms with Crippen LogP contribution in [0.5, 0.6) is 5.75 Å². The summed E-state index contributed by atoms with van der Waals surface area (Å²) in [7, 11) is 0. The molecule has 0 aliphatic carbocycles. The SMILES string of the molecule is N#Cc1ccc(OCc2ccc(C#N)cc2Cl)cc1. The van der Waals surface area contributed by atoms with Crippen LogP contribution in [-0.2, 0) is 6.61 Å². The molecule has 0 aliphatic heterocycles. The second-order valence-corrected chi connectivity index (χ2v) is 4.25. The van der Waals surface area contributed by atoms with Gasteiger partial charge in [0.15, 0.2) is 0 Å². The maximum atomic E-state index is 8.74. The van der Waals surface area contributed by atoms with E-state index in [9.17, 15) is 0 Å². The third kappa shape index (κ3) is 3.25. The molecule has 0 fully saturated rings. The molecule has 0 saturated heterocycles. The van der Waals surface area contributed by atoms with E-state index < -0.39 is 0 Å². The lowest BCUT2D eigenvalue weighted by molar-refractivity contribution is 0.306. The molecule has 0 saturated carbocycles. The number of rotatable bonds is 3. The van der Waals surface area contributed by atoms with Gasteiger partial charge in [0.05, 0.1) is 23.3 Å². The highest BCUT2D eigenvalue weighted by Crippen LogP contribution is 2.20.